The van der Waals surface area contributed by atoms with Gasteiger partial charge in [0.15, 0.2) is 0 Å². The van der Waals surface area contributed by atoms with Crippen LogP contribution in [0.2, 0.25) is 10.0 Å². The van der Waals surface area contributed by atoms with Crippen molar-refractivity contribution >= 4 is 33.2 Å². The highest BCUT2D eigenvalue weighted by Gasteiger charge is 2.16. The van der Waals surface area contributed by atoms with E-state index in [9.17, 15) is 8.42 Å². The van der Waals surface area contributed by atoms with E-state index in [4.69, 9.17) is 23.2 Å². The maximum absolute atomic E-state index is 11.8. The standard InChI is InChI=1S/C11H15Cl2NO2S/c1-8(2)6-14-17(15,16)7-9-10(12)4-3-5-11(9)13/h3-5,8,14H,6-7H2,1-2H3. The molecule has 0 saturated carbocycles. The molecule has 0 aliphatic rings. The Morgan fingerprint density at radius 1 is 1.24 bits per heavy atom. The predicted molar refractivity (Wildman–Crippen MR) is 71.9 cm³/mol. The van der Waals surface area contributed by atoms with Gasteiger partial charge in [0.05, 0.1) is 5.75 Å². The molecule has 1 rings (SSSR count). The quantitative estimate of drug-likeness (QED) is 0.907. The van der Waals surface area contributed by atoms with E-state index in [-0.39, 0.29) is 11.7 Å². The second-order valence-electron chi connectivity index (χ2n) is 4.20. The van der Waals surface area contributed by atoms with E-state index in [1.165, 1.54) is 0 Å². The number of benzene rings is 1. The molecule has 1 N–H and O–H groups in total. The van der Waals surface area contributed by atoms with Crippen molar-refractivity contribution in [2.24, 2.45) is 5.92 Å². The van der Waals surface area contributed by atoms with E-state index in [2.05, 4.69) is 4.72 Å². The van der Waals surface area contributed by atoms with Gasteiger partial charge >= 0.3 is 0 Å². The summed E-state index contributed by atoms with van der Waals surface area (Å²) in [5, 5.41) is 0.736. The lowest BCUT2D eigenvalue weighted by molar-refractivity contribution is 0.559. The van der Waals surface area contributed by atoms with Crippen LogP contribution in [0.15, 0.2) is 18.2 Å². The lowest BCUT2D eigenvalue weighted by Gasteiger charge is -2.10. The summed E-state index contributed by atoms with van der Waals surface area (Å²) in [5.74, 6) is 0.0598. The predicted octanol–water partition coefficient (Wildman–Crippen LogP) is 3.07. The van der Waals surface area contributed by atoms with E-state index in [0.29, 0.717) is 22.2 Å². The Labute approximate surface area is 112 Å². The Balaban J connectivity index is 2.83. The van der Waals surface area contributed by atoms with Crippen LogP contribution >= 0.6 is 23.2 Å². The van der Waals surface area contributed by atoms with E-state index >= 15 is 0 Å². The van der Waals surface area contributed by atoms with E-state index in [1.807, 2.05) is 13.8 Å². The Morgan fingerprint density at radius 3 is 2.24 bits per heavy atom. The van der Waals surface area contributed by atoms with Gasteiger partial charge < -0.3 is 0 Å². The van der Waals surface area contributed by atoms with E-state index < -0.39 is 10.0 Å². The first kappa shape index (κ1) is 14.8. The maximum atomic E-state index is 11.8. The molecule has 0 amide bonds. The van der Waals surface area contributed by atoms with Crippen molar-refractivity contribution < 1.29 is 8.42 Å². The summed E-state index contributed by atoms with van der Waals surface area (Å²) in [6.45, 7) is 4.28. The van der Waals surface area contributed by atoms with Gasteiger partial charge in [-0.05, 0) is 18.1 Å². The molecular formula is C11H15Cl2NO2S. The number of rotatable bonds is 5. The van der Waals surface area contributed by atoms with Gasteiger partial charge in [0.2, 0.25) is 10.0 Å². The average molecular weight is 296 g/mol. The van der Waals surface area contributed by atoms with Crippen LogP contribution < -0.4 is 4.72 Å². The van der Waals surface area contributed by atoms with Crippen LogP contribution in [0.1, 0.15) is 19.4 Å². The van der Waals surface area contributed by atoms with Gasteiger partial charge in [-0.2, -0.15) is 0 Å². The summed E-state index contributed by atoms with van der Waals surface area (Å²) in [7, 11) is -3.39. The van der Waals surface area contributed by atoms with E-state index in [0.717, 1.165) is 0 Å². The number of halogens is 2. The summed E-state index contributed by atoms with van der Waals surface area (Å²) >= 11 is 11.8. The number of hydrogen-bond acceptors (Lipinski definition) is 2. The third kappa shape index (κ3) is 4.84. The highest BCUT2D eigenvalue weighted by molar-refractivity contribution is 7.88. The second-order valence-corrected chi connectivity index (χ2v) is 6.82. The van der Waals surface area contributed by atoms with Gasteiger partial charge in [-0.3, -0.25) is 0 Å². The molecule has 6 heteroatoms. The highest BCUT2D eigenvalue weighted by Crippen LogP contribution is 2.25. The van der Waals surface area contributed by atoms with E-state index in [1.54, 1.807) is 18.2 Å². The lowest BCUT2D eigenvalue weighted by Crippen LogP contribution is -2.28. The van der Waals surface area contributed by atoms with Crippen molar-refractivity contribution in [1.29, 1.82) is 0 Å². The third-order valence-corrected chi connectivity index (χ3v) is 4.09. The molecule has 0 aliphatic carbocycles. The molecule has 0 bridgehead atoms. The normalized spacial score (nSPS) is 12.1. The molecule has 3 nitrogen and oxygen atoms in total. The Bertz CT molecular complexity index is 466. The molecule has 0 fully saturated rings. The Morgan fingerprint density at radius 2 is 1.76 bits per heavy atom. The van der Waals surface area contributed by atoms with Gasteiger partial charge in [0.1, 0.15) is 0 Å². The first-order valence-electron chi connectivity index (χ1n) is 5.22. The summed E-state index contributed by atoms with van der Waals surface area (Å²) < 4.78 is 26.1. The largest absolute Gasteiger partial charge is 0.215 e. The molecule has 0 heterocycles. The van der Waals surface area contributed by atoms with Crippen LogP contribution in [0.3, 0.4) is 0 Å². The van der Waals surface area contributed by atoms with Crippen molar-refractivity contribution in [3.63, 3.8) is 0 Å². The summed E-state index contributed by atoms with van der Waals surface area (Å²) in [6.07, 6.45) is 0. The fourth-order valence-electron chi connectivity index (χ4n) is 1.20. The SMILES string of the molecule is CC(C)CNS(=O)(=O)Cc1c(Cl)cccc1Cl. The highest BCUT2D eigenvalue weighted by atomic mass is 35.5. The zero-order valence-electron chi connectivity index (χ0n) is 9.70. The zero-order valence-corrected chi connectivity index (χ0v) is 12.0. The minimum Gasteiger partial charge on any atom is -0.215 e. The molecule has 1 aromatic carbocycles. The average Bonchev–Trinajstić information content (AvgIpc) is 2.21. The van der Waals surface area contributed by atoms with Gasteiger partial charge in [-0.25, -0.2) is 13.1 Å². The molecular weight excluding hydrogens is 281 g/mol. The first-order chi connectivity index (χ1) is 7.82. The maximum Gasteiger partial charge on any atom is 0.215 e. The third-order valence-electron chi connectivity index (χ3n) is 2.11. The van der Waals surface area contributed by atoms with Crippen molar-refractivity contribution in [2.45, 2.75) is 19.6 Å². The molecule has 0 atom stereocenters. The monoisotopic (exact) mass is 295 g/mol. The molecule has 0 unspecified atom stereocenters. The summed E-state index contributed by atoms with van der Waals surface area (Å²) in [6, 6.07) is 4.93. The molecule has 0 aliphatic heterocycles. The zero-order chi connectivity index (χ0) is 13.1. The smallest absolute Gasteiger partial charge is 0.215 e. The van der Waals surface area contributed by atoms with Crippen molar-refractivity contribution in [2.75, 3.05) is 6.54 Å². The molecule has 96 valence electrons. The minimum absolute atomic E-state index is 0.196. The Hall–Kier alpha value is -0.290. The molecule has 1 aromatic rings. The van der Waals surface area contributed by atoms with Crippen molar-refractivity contribution in [1.82, 2.24) is 4.72 Å². The fourth-order valence-corrected chi connectivity index (χ4v) is 3.27. The van der Waals surface area contributed by atoms with Gasteiger partial charge in [0, 0.05) is 22.2 Å². The van der Waals surface area contributed by atoms with Gasteiger partial charge in [-0.1, -0.05) is 43.1 Å². The number of nitrogens with one attached hydrogen (secondary N) is 1. The van der Waals surface area contributed by atoms with Gasteiger partial charge in [0.25, 0.3) is 0 Å². The fraction of sp³-hybridized carbons (Fsp3) is 0.455. The van der Waals surface area contributed by atoms with Crippen molar-refractivity contribution in [3.05, 3.63) is 33.8 Å². The Kier molecular flexibility index (Phi) is 5.25. The molecule has 0 radical (unpaired) electrons. The lowest BCUT2D eigenvalue weighted by atomic mass is 10.2. The number of sulfonamides is 1. The van der Waals surface area contributed by atoms with Crippen LogP contribution in [-0.4, -0.2) is 15.0 Å². The van der Waals surface area contributed by atoms with Gasteiger partial charge in [-0.15, -0.1) is 0 Å². The molecule has 0 spiro atoms. The van der Waals surface area contributed by atoms with Crippen LogP contribution in [0, 0.1) is 5.92 Å². The van der Waals surface area contributed by atoms with Crippen molar-refractivity contribution in [3.8, 4) is 0 Å². The second kappa shape index (κ2) is 6.05. The molecule has 0 aromatic heterocycles. The van der Waals surface area contributed by atoms with Crippen LogP contribution in [0.25, 0.3) is 0 Å². The summed E-state index contributed by atoms with van der Waals surface area (Å²) in [5.41, 5.74) is 0.437. The van der Waals surface area contributed by atoms with Crippen LogP contribution in [0.4, 0.5) is 0 Å². The number of hydrogen-bond donors (Lipinski definition) is 1. The van der Waals surface area contributed by atoms with Crippen LogP contribution in [0.5, 0.6) is 0 Å². The molecule has 0 saturated heterocycles. The first-order valence-corrected chi connectivity index (χ1v) is 7.63. The topological polar surface area (TPSA) is 46.2 Å². The molecule has 17 heavy (non-hydrogen) atoms. The van der Waals surface area contributed by atoms with Crippen LogP contribution in [-0.2, 0) is 15.8 Å². The summed E-state index contributed by atoms with van der Waals surface area (Å²) in [4.78, 5) is 0. The minimum atomic E-state index is -3.39.